The average molecular weight is 263 g/mol. The van der Waals surface area contributed by atoms with Crippen LogP contribution in [0.4, 0.5) is 0 Å². The highest BCUT2D eigenvalue weighted by molar-refractivity contribution is 5.23. The predicted octanol–water partition coefficient (Wildman–Crippen LogP) is 3.02. The van der Waals surface area contributed by atoms with Gasteiger partial charge >= 0.3 is 0 Å². The van der Waals surface area contributed by atoms with E-state index < -0.39 is 11.0 Å². The molecule has 0 amide bonds. The molecule has 3 rings (SSSR count). The van der Waals surface area contributed by atoms with Crippen LogP contribution in [0.15, 0.2) is 0 Å². The molecule has 0 radical (unpaired) electrons. The van der Waals surface area contributed by atoms with Crippen molar-refractivity contribution in [3.05, 3.63) is 0 Å². The van der Waals surface area contributed by atoms with E-state index in [1.165, 1.54) is 0 Å². The van der Waals surface area contributed by atoms with Gasteiger partial charge in [0, 0.05) is 0 Å². The Kier molecular flexibility index (Phi) is 2.79. The fourth-order valence-electron chi connectivity index (χ4n) is 4.92. The quantitative estimate of drug-likeness (QED) is 0.791. The lowest BCUT2D eigenvalue weighted by molar-refractivity contribution is -0.155. The van der Waals surface area contributed by atoms with Crippen LogP contribution in [-0.2, 0) is 4.74 Å². The van der Waals surface area contributed by atoms with E-state index in [4.69, 9.17) is 4.74 Å². The Morgan fingerprint density at radius 1 is 1.21 bits per heavy atom. The third-order valence-electron chi connectivity index (χ3n) is 6.04. The summed E-state index contributed by atoms with van der Waals surface area (Å²) in [6, 6.07) is 2.50. The number of hydrogen-bond acceptors (Lipinski definition) is 3. The van der Waals surface area contributed by atoms with Gasteiger partial charge in [-0.2, -0.15) is 5.26 Å². The fourth-order valence-corrected chi connectivity index (χ4v) is 4.92. The van der Waals surface area contributed by atoms with Crippen molar-refractivity contribution in [3.63, 3.8) is 0 Å². The highest BCUT2D eigenvalue weighted by Gasteiger charge is 2.66. The summed E-state index contributed by atoms with van der Waals surface area (Å²) in [5.41, 5.74) is -1.25. The first-order valence-electron chi connectivity index (χ1n) is 7.62. The van der Waals surface area contributed by atoms with Gasteiger partial charge in [-0.3, -0.25) is 0 Å². The van der Waals surface area contributed by atoms with Gasteiger partial charge in [-0.15, -0.1) is 0 Å². The smallest absolute Gasteiger partial charge is 0.115 e. The van der Waals surface area contributed by atoms with Gasteiger partial charge in [-0.1, -0.05) is 20.8 Å². The van der Waals surface area contributed by atoms with Crippen LogP contribution >= 0.6 is 0 Å². The molecule has 2 heterocycles. The Labute approximate surface area is 115 Å². The summed E-state index contributed by atoms with van der Waals surface area (Å²) in [6.07, 6.45) is 5.61. The molecular weight excluding hydrogens is 238 g/mol. The Morgan fingerprint density at radius 3 is 2.42 bits per heavy atom. The van der Waals surface area contributed by atoms with E-state index in [2.05, 4.69) is 26.8 Å². The number of ether oxygens (including phenoxy) is 1. The van der Waals surface area contributed by atoms with Crippen LogP contribution in [0.1, 0.15) is 59.3 Å². The Morgan fingerprint density at radius 2 is 1.95 bits per heavy atom. The molecule has 5 atom stereocenters. The van der Waals surface area contributed by atoms with Crippen LogP contribution < -0.4 is 0 Å². The molecule has 2 bridgehead atoms. The summed E-state index contributed by atoms with van der Waals surface area (Å²) < 4.78 is 5.92. The van der Waals surface area contributed by atoms with Gasteiger partial charge in [-0.25, -0.2) is 0 Å². The summed E-state index contributed by atoms with van der Waals surface area (Å²) >= 11 is 0. The van der Waals surface area contributed by atoms with Crippen molar-refractivity contribution in [2.45, 2.75) is 77.1 Å². The minimum atomic E-state index is -0.864. The van der Waals surface area contributed by atoms with Gasteiger partial charge in [0.1, 0.15) is 5.41 Å². The fraction of sp³-hybridized carbons (Fsp3) is 0.938. The van der Waals surface area contributed by atoms with Crippen LogP contribution in [0, 0.1) is 28.1 Å². The van der Waals surface area contributed by atoms with Gasteiger partial charge < -0.3 is 9.84 Å². The summed E-state index contributed by atoms with van der Waals surface area (Å²) in [5.74, 6) is 0.166. The topological polar surface area (TPSA) is 53.2 Å². The number of nitriles is 1. The second-order valence-corrected chi connectivity index (χ2v) is 7.81. The molecule has 0 aromatic carbocycles. The molecular formula is C16H25NO2. The van der Waals surface area contributed by atoms with Crippen molar-refractivity contribution in [2.24, 2.45) is 16.7 Å². The van der Waals surface area contributed by atoms with Gasteiger partial charge in [0.2, 0.25) is 0 Å². The molecule has 2 saturated heterocycles. The summed E-state index contributed by atoms with van der Waals surface area (Å²) in [6.45, 7) is 6.64. The monoisotopic (exact) mass is 263 g/mol. The molecule has 1 saturated carbocycles. The maximum Gasteiger partial charge on any atom is 0.115 e. The lowest BCUT2D eigenvalue weighted by atomic mass is 9.53. The molecule has 3 fully saturated rings. The van der Waals surface area contributed by atoms with E-state index in [9.17, 15) is 10.4 Å². The third-order valence-corrected chi connectivity index (χ3v) is 6.04. The van der Waals surface area contributed by atoms with E-state index in [1.807, 2.05) is 0 Å². The maximum absolute atomic E-state index is 11.3. The third kappa shape index (κ3) is 1.69. The molecule has 0 spiro atoms. The Hall–Kier alpha value is -0.590. The number of nitrogens with zero attached hydrogens (tertiary/aromatic N) is 1. The zero-order valence-corrected chi connectivity index (χ0v) is 12.3. The molecule has 106 valence electrons. The first-order valence-corrected chi connectivity index (χ1v) is 7.62. The van der Waals surface area contributed by atoms with Gasteiger partial charge in [0.15, 0.2) is 0 Å². The van der Waals surface area contributed by atoms with Crippen LogP contribution in [0.3, 0.4) is 0 Å². The molecule has 1 N–H and O–H groups in total. The Balaban J connectivity index is 1.94. The van der Waals surface area contributed by atoms with Gasteiger partial charge in [0.05, 0.1) is 23.9 Å². The lowest BCUT2D eigenvalue weighted by Gasteiger charge is -2.53. The second kappa shape index (κ2) is 3.96. The SMILES string of the molecule is CC1CC(C)(C)CCC1(O)C1(C#N)CC2CCC1O2. The normalized spacial score (nSPS) is 52.1. The molecule has 3 heteroatoms. The molecule has 3 nitrogen and oxygen atoms in total. The molecule has 1 aliphatic carbocycles. The van der Waals surface area contributed by atoms with Crippen molar-refractivity contribution in [2.75, 3.05) is 0 Å². The molecule has 2 aliphatic heterocycles. The first-order chi connectivity index (χ1) is 8.83. The van der Waals surface area contributed by atoms with Crippen LogP contribution in [0.5, 0.6) is 0 Å². The molecule has 0 aromatic rings. The predicted molar refractivity (Wildman–Crippen MR) is 72.3 cm³/mol. The Bertz CT molecular complexity index is 427. The largest absolute Gasteiger partial charge is 0.388 e. The summed E-state index contributed by atoms with van der Waals surface area (Å²) in [4.78, 5) is 0. The van der Waals surface area contributed by atoms with Crippen molar-refractivity contribution in [1.82, 2.24) is 0 Å². The minimum Gasteiger partial charge on any atom is -0.388 e. The maximum atomic E-state index is 11.3. The minimum absolute atomic E-state index is 0.0452. The summed E-state index contributed by atoms with van der Waals surface area (Å²) in [7, 11) is 0. The van der Waals surface area contributed by atoms with Gasteiger partial charge in [-0.05, 0) is 49.9 Å². The molecule has 5 unspecified atom stereocenters. The van der Waals surface area contributed by atoms with E-state index in [0.717, 1.165) is 38.5 Å². The van der Waals surface area contributed by atoms with Crippen LogP contribution in [0.25, 0.3) is 0 Å². The number of fused-ring (bicyclic) bond motifs is 2. The van der Waals surface area contributed by atoms with Gasteiger partial charge in [0.25, 0.3) is 0 Å². The molecule has 3 aliphatic rings. The van der Waals surface area contributed by atoms with E-state index >= 15 is 0 Å². The number of hydrogen-bond donors (Lipinski definition) is 1. The highest BCUT2D eigenvalue weighted by Crippen LogP contribution is 2.60. The van der Waals surface area contributed by atoms with Crippen molar-refractivity contribution in [3.8, 4) is 6.07 Å². The van der Waals surface area contributed by atoms with E-state index in [-0.39, 0.29) is 23.5 Å². The standard InChI is InChI=1S/C16H25NO2/c1-11-8-14(2,3)6-7-16(11,18)15(10-17)9-12-4-5-13(15)19-12/h11-13,18H,4-9H2,1-3H3. The van der Waals surface area contributed by atoms with Crippen molar-refractivity contribution in [1.29, 1.82) is 5.26 Å². The average Bonchev–Trinajstić information content (AvgIpc) is 2.94. The number of rotatable bonds is 1. The summed E-state index contributed by atoms with van der Waals surface area (Å²) in [5, 5.41) is 21.2. The van der Waals surface area contributed by atoms with Crippen LogP contribution in [0.2, 0.25) is 0 Å². The number of aliphatic hydroxyl groups is 1. The van der Waals surface area contributed by atoms with Crippen molar-refractivity contribution < 1.29 is 9.84 Å². The lowest BCUT2D eigenvalue weighted by Crippen LogP contribution is -2.59. The van der Waals surface area contributed by atoms with Crippen LogP contribution in [-0.4, -0.2) is 22.9 Å². The second-order valence-electron chi connectivity index (χ2n) is 7.81. The zero-order chi connectivity index (χ0) is 13.9. The highest BCUT2D eigenvalue weighted by atomic mass is 16.5. The van der Waals surface area contributed by atoms with Crippen molar-refractivity contribution >= 4 is 0 Å². The first kappa shape index (κ1) is 13.4. The zero-order valence-electron chi connectivity index (χ0n) is 12.3. The molecule has 0 aromatic heterocycles. The van der Waals surface area contributed by atoms with E-state index in [0.29, 0.717) is 0 Å². The van der Waals surface area contributed by atoms with E-state index in [1.54, 1.807) is 0 Å². The molecule has 19 heavy (non-hydrogen) atoms.